The number of amides is 2. The molecule has 0 aromatic heterocycles. The summed E-state index contributed by atoms with van der Waals surface area (Å²) in [4.78, 5) is 27.8. The maximum atomic E-state index is 13.1. The second-order valence-electron chi connectivity index (χ2n) is 8.46. The number of benzene rings is 2. The lowest BCUT2D eigenvalue weighted by atomic mass is 9.95. The minimum Gasteiger partial charge on any atom is -0.352 e. The van der Waals surface area contributed by atoms with Crippen LogP contribution in [0.5, 0.6) is 0 Å². The highest BCUT2D eigenvalue weighted by Crippen LogP contribution is 2.19. The molecule has 172 valence electrons. The summed E-state index contributed by atoms with van der Waals surface area (Å²) in [6, 6.07) is 16.1. The van der Waals surface area contributed by atoms with Crippen molar-refractivity contribution in [2.45, 2.75) is 63.3 Å². The van der Waals surface area contributed by atoms with Gasteiger partial charge in [0.15, 0.2) is 0 Å². The molecule has 32 heavy (non-hydrogen) atoms. The van der Waals surface area contributed by atoms with E-state index in [2.05, 4.69) is 5.32 Å². The van der Waals surface area contributed by atoms with Crippen molar-refractivity contribution in [2.75, 3.05) is 12.3 Å². The van der Waals surface area contributed by atoms with Gasteiger partial charge in [-0.15, -0.1) is 11.8 Å². The Kier molecular flexibility index (Phi) is 9.60. The largest absolute Gasteiger partial charge is 0.352 e. The topological polar surface area (TPSA) is 49.4 Å². The van der Waals surface area contributed by atoms with E-state index in [1.807, 2.05) is 37.3 Å². The molecule has 4 nitrogen and oxygen atoms in total. The molecule has 0 radical (unpaired) electrons. The van der Waals surface area contributed by atoms with Gasteiger partial charge in [0.05, 0.1) is 5.75 Å². The van der Waals surface area contributed by atoms with Crippen molar-refractivity contribution in [3.8, 4) is 0 Å². The minimum atomic E-state index is -0.514. The standard InChI is InChI=1S/C26H33FN2O2S/c1-20(26(31)28-24-10-6-3-7-11-24)29(17-16-21-8-4-2-5-9-21)25(30)19-32-18-22-12-14-23(27)15-13-22/h2,4-5,8-9,12-15,20,24H,3,6-7,10-11,16-19H2,1H3,(H,28,31)/t20-/m1/s1. The molecule has 6 heteroatoms. The average Bonchev–Trinajstić information content (AvgIpc) is 2.81. The van der Waals surface area contributed by atoms with Crippen molar-refractivity contribution < 1.29 is 14.0 Å². The molecule has 0 heterocycles. The molecule has 0 unspecified atom stereocenters. The Labute approximate surface area is 195 Å². The monoisotopic (exact) mass is 456 g/mol. The number of rotatable bonds is 10. The van der Waals surface area contributed by atoms with Crippen molar-refractivity contribution >= 4 is 23.6 Å². The third-order valence-corrected chi connectivity index (χ3v) is 7.00. The molecule has 0 bridgehead atoms. The highest BCUT2D eigenvalue weighted by molar-refractivity contribution is 7.99. The zero-order valence-corrected chi connectivity index (χ0v) is 19.6. The van der Waals surface area contributed by atoms with Gasteiger partial charge < -0.3 is 10.2 Å². The second kappa shape index (κ2) is 12.6. The molecule has 1 N–H and O–H groups in total. The summed E-state index contributed by atoms with van der Waals surface area (Å²) in [5, 5.41) is 3.16. The summed E-state index contributed by atoms with van der Waals surface area (Å²) in [7, 11) is 0. The molecule has 1 aliphatic rings. The number of carbonyl (C=O) groups is 2. The maximum Gasteiger partial charge on any atom is 0.242 e. The Morgan fingerprint density at radius 1 is 1.03 bits per heavy atom. The summed E-state index contributed by atoms with van der Waals surface area (Å²) in [5.74, 6) is 0.537. The van der Waals surface area contributed by atoms with Crippen molar-refractivity contribution in [3.05, 3.63) is 71.5 Å². The average molecular weight is 457 g/mol. The van der Waals surface area contributed by atoms with Crippen LogP contribution in [0.2, 0.25) is 0 Å². The van der Waals surface area contributed by atoms with E-state index >= 15 is 0 Å². The zero-order valence-electron chi connectivity index (χ0n) is 18.8. The van der Waals surface area contributed by atoms with Crippen LogP contribution in [0.25, 0.3) is 0 Å². The van der Waals surface area contributed by atoms with E-state index < -0.39 is 6.04 Å². The van der Waals surface area contributed by atoms with Crippen LogP contribution in [-0.2, 0) is 21.8 Å². The first-order valence-corrected chi connectivity index (χ1v) is 12.6. The molecule has 3 rings (SSSR count). The van der Waals surface area contributed by atoms with Crippen LogP contribution >= 0.6 is 11.8 Å². The van der Waals surface area contributed by atoms with E-state index in [4.69, 9.17) is 0 Å². The van der Waals surface area contributed by atoms with E-state index in [1.54, 1.807) is 17.0 Å². The SMILES string of the molecule is C[C@H](C(=O)NC1CCCCC1)N(CCc1ccccc1)C(=O)CSCc1ccc(F)cc1. The normalized spacial score (nSPS) is 15.2. The summed E-state index contributed by atoms with van der Waals surface area (Å²) < 4.78 is 13.1. The van der Waals surface area contributed by atoms with Crippen LogP contribution < -0.4 is 5.32 Å². The Morgan fingerprint density at radius 2 is 1.72 bits per heavy atom. The summed E-state index contributed by atoms with van der Waals surface area (Å²) in [6.45, 7) is 2.32. The lowest BCUT2D eigenvalue weighted by Gasteiger charge is -2.31. The van der Waals surface area contributed by atoms with Crippen molar-refractivity contribution in [3.63, 3.8) is 0 Å². The van der Waals surface area contributed by atoms with Gasteiger partial charge in [-0.05, 0) is 49.4 Å². The van der Waals surface area contributed by atoms with Crippen LogP contribution in [0.4, 0.5) is 4.39 Å². The summed E-state index contributed by atoms with van der Waals surface area (Å²) >= 11 is 1.49. The number of nitrogens with one attached hydrogen (secondary N) is 1. The van der Waals surface area contributed by atoms with Gasteiger partial charge in [-0.2, -0.15) is 0 Å². The van der Waals surface area contributed by atoms with Crippen LogP contribution in [-0.4, -0.2) is 41.1 Å². The van der Waals surface area contributed by atoms with E-state index in [1.165, 1.54) is 30.3 Å². The van der Waals surface area contributed by atoms with E-state index in [-0.39, 0.29) is 29.4 Å². The summed E-state index contributed by atoms with van der Waals surface area (Å²) in [6.07, 6.45) is 6.27. The number of halogens is 1. The first-order valence-electron chi connectivity index (χ1n) is 11.5. The number of thioether (sulfide) groups is 1. The number of hydrogen-bond donors (Lipinski definition) is 1. The van der Waals surface area contributed by atoms with Gasteiger partial charge in [-0.1, -0.05) is 61.7 Å². The fraction of sp³-hybridized carbons (Fsp3) is 0.462. The lowest BCUT2D eigenvalue weighted by Crippen LogP contribution is -2.51. The van der Waals surface area contributed by atoms with Gasteiger partial charge in [0.25, 0.3) is 0 Å². The van der Waals surface area contributed by atoms with Gasteiger partial charge >= 0.3 is 0 Å². The first-order chi connectivity index (χ1) is 15.5. The first kappa shape index (κ1) is 24.3. The fourth-order valence-electron chi connectivity index (χ4n) is 4.06. The molecule has 1 atom stereocenters. The number of carbonyl (C=O) groups excluding carboxylic acids is 2. The van der Waals surface area contributed by atoms with Crippen LogP contribution in [0.15, 0.2) is 54.6 Å². The molecule has 1 saturated carbocycles. The Morgan fingerprint density at radius 3 is 2.41 bits per heavy atom. The summed E-state index contributed by atoms with van der Waals surface area (Å²) in [5.41, 5.74) is 2.12. The number of hydrogen-bond acceptors (Lipinski definition) is 3. The lowest BCUT2D eigenvalue weighted by molar-refractivity contribution is -0.138. The molecular weight excluding hydrogens is 423 g/mol. The molecule has 2 amide bonds. The third-order valence-electron chi connectivity index (χ3n) is 6.01. The Bertz CT molecular complexity index is 854. The molecule has 2 aromatic rings. The number of nitrogens with zero attached hydrogens (tertiary/aromatic N) is 1. The third kappa shape index (κ3) is 7.66. The molecular formula is C26H33FN2O2S. The van der Waals surface area contributed by atoms with Crippen molar-refractivity contribution in [2.24, 2.45) is 0 Å². The van der Waals surface area contributed by atoms with Crippen LogP contribution in [0.3, 0.4) is 0 Å². The zero-order chi connectivity index (χ0) is 22.8. The van der Waals surface area contributed by atoms with Gasteiger partial charge in [0.1, 0.15) is 11.9 Å². The van der Waals surface area contributed by atoms with Crippen LogP contribution in [0, 0.1) is 5.82 Å². The Balaban J connectivity index is 1.59. The highest BCUT2D eigenvalue weighted by Gasteiger charge is 2.27. The molecule has 1 fully saturated rings. The van der Waals surface area contributed by atoms with Gasteiger partial charge in [-0.25, -0.2) is 4.39 Å². The maximum absolute atomic E-state index is 13.1. The van der Waals surface area contributed by atoms with Crippen molar-refractivity contribution in [1.82, 2.24) is 10.2 Å². The molecule has 0 aliphatic heterocycles. The van der Waals surface area contributed by atoms with Gasteiger partial charge in [0, 0.05) is 18.3 Å². The van der Waals surface area contributed by atoms with E-state index in [9.17, 15) is 14.0 Å². The van der Waals surface area contributed by atoms with E-state index in [0.717, 1.165) is 36.8 Å². The minimum absolute atomic E-state index is 0.0423. The quantitative estimate of drug-likeness (QED) is 0.549. The van der Waals surface area contributed by atoms with Crippen molar-refractivity contribution in [1.29, 1.82) is 0 Å². The Hall–Kier alpha value is -2.34. The molecule has 1 aliphatic carbocycles. The molecule has 0 spiro atoms. The highest BCUT2D eigenvalue weighted by atomic mass is 32.2. The predicted octanol–water partition coefficient (Wildman–Crippen LogP) is 4.97. The van der Waals surface area contributed by atoms with Crippen LogP contribution in [0.1, 0.15) is 50.2 Å². The molecule has 0 saturated heterocycles. The van der Waals surface area contributed by atoms with E-state index in [0.29, 0.717) is 18.7 Å². The predicted molar refractivity (Wildman–Crippen MR) is 129 cm³/mol. The van der Waals surface area contributed by atoms with Gasteiger partial charge in [-0.3, -0.25) is 9.59 Å². The fourth-order valence-corrected chi connectivity index (χ4v) is 4.93. The second-order valence-corrected chi connectivity index (χ2v) is 9.45. The molecule has 2 aromatic carbocycles. The smallest absolute Gasteiger partial charge is 0.242 e. The van der Waals surface area contributed by atoms with Gasteiger partial charge in [0.2, 0.25) is 11.8 Å².